The van der Waals surface area contributed by atoms with E-state index in [2.05, 4.69) is 60.2 Å². The second kappa shape index (κ2) is 8.87. The number of benzene rings is 1. The van der Waals surface area contributed by atoms with E-state index in [1.165, 1.54) is 11.3 Å². The highest BCUT2D eigenvalue weighted by Crippen LogP contribution is 2.41. The minimum atomic E-state index is -0.0190. The van der Waals surface area contributed by atoms with E-state index in [1.807, 2.05) is 19.1 Å². The summed E-state index contributed by atoms with van der Waals surface area (Å²) in [5.41, 5.74) is 4.50. The smallest absolute Gasteiger partial charge is 0.263 e. The summed E-state index contributed by atoms with van der Waals surface area (Å²) in [5.74, 6) is 0.892. The molecule has 1 aromatic carbocycles. The quantitative estimate of drug-likeness (QED) is 0.398. The van der Waals surface area contributed by atoms with Crippen molar-refractivity contribution in [3.8, 4) is 11.3 Å². The van der Waals surface area contributed by atoms with Gasteiger partial charge in [0.1, 0.15) is 10.7 Å². The van der Waals surface area contributed by atoms with Crippen LogP contribution in [0.4, 0.5) is 11.5 Å². The molecule has 1 fully saturated rings. The van der Waals surface area contributed by atoms with Crippen molar-refractivity contribution in [3.63, 3.8) is 0 Å². The number of hydrogen-bond donors (Lipinski definition) is 2. The Hall–Kier alpha value is -3.49. The van der Waals surface area contributed by atoms with Gasteiger partial charge in [-0.25, -0.2) is 9.97 Å². The average molecular weight is 500 g/mol. The molecule has 184 valence electrons. The van der Waals surface area contributed by atoms with Crippen LogP contribution in [-0.2, 0) is 4.74 Å². The molecule has 4 aromatic rings. The van der Waals surface area contributed by atoms with Gasteiger partial charge >= 0.3 is 0 Å². The number of hydrogen-bond acceptors (Lipinski definition) is 7. The van der Waals surface area contributed by atoms with Gasteiger partial charge in [-0.1, -0.05) is 6.58 Å². The Bertz CT molecular complexity index is 1500. The molecule has 8 heteroatoms. The zero-order valence-corrected chi connectivity index (χ0v) is 21.5. The van der Waals surface area contributed by atoms with Gasteiger partial charge in [-0.15, -0.1) is 11.3 Å². The summed E-state index contributed by atoms with van der Waals surface area (Å²) in [6.07, 6.45) is 2.07. The fourth-order valence-electron chi connectivity index (χ4n) is 5.20. The number of ether oxygens (including phenoxy) is 1. The number of anilines is 2. The standard InChI is InChI=1S/C28H29N5O2S/c1-5-19-10-18(11-24(31-19)33-13-16(3)35-17(4)14-33)21-7-6-20-22(32-21)8-9-23-25(20)26-27(36-23)28(34)30-15(2)12-29-26/h5-11,15-17,29H,1,12-14H2,2-4H3,(H,30,34)/t15-,16?,17?/m1/s1. The summed E-state index contributed by atoms with van der Waals surface area (Å²) < 4.78 is 6.99. The van der Waals surface area contributed by atoms with E-state index in [0.717, 1.165) is 67.4 Å². The molecular weight excluding hydrogens is 470 g/mol. The first-order valence-corrected chi connectivity index (χ1v) is 13.2. The topological polar surface area (TPSA) is 79.4 Å². The van der Waals surface area contributed by atoms with Crippen LogP contribution in [-0.4, -0.2) is 53.8 Å². The van der Waals surface area contributed by atoms with Crippen molar-refractivity contribution in [1.29, 1.82) is 0 Å². The Morgan fingerprint density at radius 3 is 2.69 bits per heavy atom. The number of rotatable bonds is 3. The second-order valence-electron chi connectivity index (χ2n) is 9.77. The van der Waals surface area contributed by atoms with E-state index >= 15 is 0 Å². The van der Waals surface area contributed by atoms with Crippen molar-refractivity contribution in [3.05, 3.63) is 53.5 Å². The van der Waals surface area contributed by atoms with Crippen molar-refractivity contribution in [2.45, 2.75) is 39.0 Å². The number of carbonyl (C=O) groups is 1. The molecule has 1 amide bonds. The molecule has 1 saturated heterocycles. The highest BCUT2D eigenvalue weighted by Gasteiger charge is 2.26. The van der Waals surface area contributed by atoms with Crippen LogP contribution in [0.25, 0.3) is 38.3 Å². The molecule has 7 nitrogen and oxygen atoms in total. The van der Waals surface area contributed by atoms with Gasteiger partial charge in [-0.2, -0.15) is 0 Å². The van der Waals surface area contributed by atoms with E-state index in [9.17, 15) is 4.79 Å². The van der Waals surface area contributed by atoms with Gasteiger partial charge in [0.15, 0.2) is 0 Å². The number of nitrogens with one attached hydrogen (secondary N) is 2. The van der Waals surface area contributed by atoms with Crippen molar-refractivity contribution in [1.82, 2.24) is 15.3 Å². The van der Waals surface area contributed by atoms with E-state index in [-0.39, 0.29) is 24.2 Å². The highest BCUT2D eigenvalue weighted by molar-refractivity contribution is 7.21. The third kappa shape index (κ3) is 4.00. The molecule has 2 N–H and O–H groups in total. The number of thiophene rings is 1. The van der Waals surface area contributed by atoms with Crippen molar-refractivity contribution >= 4 is 55.8 Å². The third-order valence-electron chi connectivity index (χ3n) is 6.77. The fourth-order valence-corrected chi connectivity index (χ4v) is 6.30. The van der Waals surface area contributed by atoms with Crippen LogP contribution in [0.3, 0.4) is 0 Å². The maximum Gasteiger partial charge on any atom is 0.263 e. The molecule has 2 aliphatic rings. The predicted octanol–water partition coefficient (Wildman–Crippen LogP) is 5.31. The summed E-state index contributed by atoms with van der Waals surface area (Å²) in [6, 6.07) is 12.5. The van der Waals surface area contributed by atoms with Crippen LogP contribution in [0.1, 0.15) is 36.1 Å². The summed E-state index contributed by atoms with van der Waals surface area (Å²) in [4.78, 5) is 25.6. The van der Waals surface area contributed by atoms with Crippen molar-refractivity contribution in [2.75, 3.05) is 29.9 Å². The molecule has 2 aliphatic heterocycles. The summed E-state index contributed by atoms with van der Waals surface area (Å²) >= 11 is 1.52. The Morgan fingerprint density at radius 2 is 1.92 bits per heavy atom. The van der Waals surface area contributed by atoms with Gasteiger partial charge in [0.2, 0.25) is 0 Å². The monoisotopic (exact) mass is 499 g/mol. The van der Waals surface area contributed by atoms with Crippen LogP contribution in [0.5, 0.6) is 0 Å². The summed E-state index contributed by atoms with van der Waals surface area (Å²) in [7, 11) is 0. The van der Waals surface area contributed by atoms with Crippen molar-refractivity contribution < 1.29 is 9.53 Å². The number of morpholine rings is 1. The van der Waals surface area contributed by atoms with E-state index in [0.29, 0.717) is 6.54 Å². The van der Waals surface area contributed by atoms with Crippen LogP contribution in [0.15, 0.2) is 43.0 Å². The minimum Gasteiger partial charge on any atom is -0.381 e. The normalized spacial score (nSPS) is 22.1. The molecule has 3 aromatic heterocycles. The first-order valence-electron chi connectivity index (χ1n) is 12.4. The van der Waals surface area contributed by atoms with Gasteiger partial charge in [-0.05, 0) is 63.2 Å². The number of pyridine rings is 2. The average Bonchev–Trinajstić information content (AvgIpc) is 3.19. The number of aromatic nitrogens is 2. The van der Waals surface area contributed by atoms with E-state index < -0.39 is 0 Å². The predicted molar refractivity (Wildman–Crippen MR) is 148 cm³/mol. The third-order valence-corrected chi connectivity index (χ3v) is 7.92. The van der Waals surface area contributed by atoms with E-state index in [1.54, 1.807) is 6.08 Å². The lowest BCUT2D eigenvalue weighted by Crippen LogP contribution is -2.45. The Morgan fingerprint density at radius 1 is 1.11 bits per heavy atom. The first kappa shape index (κ1) is 22.9. The maximum atomic E-state index is 12.7. The van der Waals surface area contributed by atoms with Gasteiger partial charge in [0.05, 0.1) is 34.8 Å². The SMILES string of the molecule is C=Cc1cc(-c2ccc3c(ccc4sc5c(c43)NC[C@@H](C)NC5=O)n2)cc(N2CC(C)OC(C)C2)n1. The van der Waals surface area contributed by atoms with Gasteiger partial charge in [0.25, 0.3) is 5.91 Å². The van der Waals surface area contributed by atoms with Crippen molar-refractivity contribution in [2.24, 2.45) is 0 Å². The lowest BCUT2D eigenvalue weighted by molar-refractivity contribution is -0.00546. The Labute approximate surface area is 214 Å². The summed E-state index contributed by atoms with van der Waals surface area (Å²) in [6.45, 7) is 12.4. The summed E-state index contributed by atoms with van der Waals surface area (Å²) in [5, 5.41) is 8.65. The minimum absolute atomic E-state index is 0.0190. The zero-order valence-electron chi connectivity index (χ0n) is 20.7. The van der Waals surface area contributed by atoms with Crippen LogP contribution >= 0.6 is 11.3 Å². The molecule has 5 heterocycles. The van der Waals surface area contributed by atoms with Gasteiger partial charge in [0, 0.05) is 46.7 Å². The molecule has 0 bridgehead atoms. The molecule has 6 rings (SSSR count). The second-order valence-corrected chi connectivity index (χ2v) is 10.8. The molecule has 0 spiro atoms. The fraction of sp³-hybridized carbons (Fsp3) is 0.321. The highest BCUT2D eigenvalue weighted by atomic mass is 32.1. The van der Waals surface area contributed by atoms with Gasteiger partial charge < -0.3 is 20.3 Å². The number of carbonyl (C=O) groups excluding carboxylic acids is 1. The molecule has 0 aliphatic carbocycles. The molecule has 36 heavy (non-hydrogen) atoms. The lowest BCUT2D eigenvalue weighted by atomic mass is 10.1. The number of fused-ring (bicyclic) bond motifs is 5. The van der Waals surface area contributed by atoms with Crippen LogP contribution in [0.2, 0.25) is 0 Å². The Balaban J connectivity index is 1.45. The number of amides is 1. The molecule has 0 radical (unpaired) electrons. The molecule has 2 unspecified atom stereocenters. The Kier molecular flexibility index (Phi) is 5.65. The van der Waals surface area contributed by atoms with Crippen LogP contribution in [0, 0.1) is 0 Å². The van der Waals surface area contributed by atoms with Crippen LogP contribution < -0.4 is 15.5 Å². The molecular formula is C28H29N5O2S. The lowest BCUT2D eigenvalue weighted by Gasteiger charge is -2.36. The number of nitrogens with zero attached hydrogens (tertiary/aromatic N) is 3. The molecule has 0 saturated carbocycles. The van der Waals surface area contributed by atoms with Gasteiger partial charge in [-0.3, -0.25) is 4.79 Å². The largest absolute Gasteiger partial charge is 0.381 e. The molecule has 3 atom stereocenters. The first-order chi connectivity index (χ1) is 17.4. The maximum absolute atomic E-state index is 12.7. The zero-order chi connectivity index (χ0) is 25.0. The van der Waals surface area contributed by atoms with E-state index in [4.69, 9.17) is 14.7 Å².